The summed E-state index contributed by atoms with van der Waals surface area (Å²) in [6, 6.07) is 6.16. The molecule has 0 aromatic heterocycles. The molecule has 2 fully saturated rings. The van der Waals surface area contributed by atoms with E-state index in [0.29, 0.717) is 12.3 Å². The van der Waals surface area contributed by atoms with Crippen LogP contribution in [0, 0.1) is 17.8 Å². The summed E-state index contributed by atoms with van der Waals surface area (Å²) in [7, 11) is 1.70. The lowest BCUT2D eigenvalue weighted by atomic mass is 10.1. The highest BCUT2D eigenvalue weighted by molar-refractivity contribution is 5.76. The van der Waals surface area contributed by atoms with Crippen LogP contribution >= 0.6 is 0 Å². The van der Waals surface area contributed by atoms with E-state index < -0.39 is 0 Å². The van der Waals surface area contributed by atoms with Crippen molar-refractivity contribution in [3.63, 3.8) is 0 Å². The van der Waals surface area contributed by atoms with Crippen molar-refractivity contribution in [1.82, 2.24) is 9.80 Å². The van der Waals surface area contributed by atoms with Crippen LogP contribution in [0.4, 0.5) is 0 Å². The Hall–Kier alpha value is -1.75. The molecular formula is C21H30N2O3. The van der Waals surface area contributed by atoms with Crippen molar-refractivity contribution < 1.29 is 14.3 Å². The summed E-state index contributed by atoms with van der Waals surface area (Å²) in [4.78, 5) is 16.7. The van der Waals surface area contributed by atoms with Gasteiger partial charge >= 0.3 is 0 Å². The van der Waals surface area contributed by atoms with E-state index in [4.69, 9.17) is 9.47 Å². The van der Waals surface area contributed by atoms with Gasteiger partial charge in [-0.2, -0.15) is 0 Å². The lowest BCUT2D eigenvalue weighted by Crippen LogP contribution is -2.35. The number of carbonyl (C=O) groups excluding carboxylic acids is 1. The summed E-state index contributed by atoms with van der Waals surface area (Å²) in [5.41, 5.74) is 1.22. The average molecular weight is 358 g/mol. The smallest absolute Gasteiger partial charge is 0.222 e. The zero-order chi connectivity index (χ0) is 18.1. The van der Waals surface area contributed by atoms with Crippen molar-refractivity contribution >= 4 is 5.91 Å². The van der Waals surface area contributed by atoms with E-state index in [1.54, 1.807) is 7.11 Å². The Labute approximate surface area is 156 Å². The van der Waals surface area contributed by atoms with E-state index >= 15 is 0 Å². The zero-order valence-corrected chi connectivity index (χ0v) is 15.9. The van der Waals surface area contributed by atoms with E-state index in [9.17, 15) is 4.79 Å². The van der Waals surface area contributed by atoms with Crippen LogP contribution < -0.4 is 9.47 Å². The molecule has 1 saturated carbocycles. The lowest BCUT2D eigenvalue weighted by molar-refractivity contribution is -0.130. The maximum absolute atomic E-state index is 12.1. The minimum atomic E-state index is 0.350. The first kappa shape index (κ1) is 17.7. The van der Waals surface area contributed by atoms with Gasteiger partial charge in [0.25, 0.3) is 0 Å². The number of para-hydroxylation sites is 1. The molecule has 0 radical (unpaired) electrons. The minimum Gasteiger partial charge on any atom is -0.493 e. The Balaban J connectivity index is 1.36. The molecule has 1 aliphatic carbocycles. The number of benzene rings is 1. The van der Waals surface area contributed by atoms with E-state index in [2.05, 4.69) is 22.8 Å². The average Bonchev–Trinajstić information content (AvgIpc) is 3.05. The van der Waals surface area contributed by atoms with Crippen LogP contribution in [0.3, 0.4) is 0 Å². The number of methoxy groups -OCH3 is 1. The summed E-state index contributed by atoms with van der Waals surface area (Å²) in [6.45, 7) is 7.91. The lowest BCUT2D eigenvalue weighted by Gasteiger charge is -2.28. The molecule has 1 amide bonds. The highest BCUT2D eigenvalue weighted by atomic mass is 16.5. The van der Waals surface area contributed by atoms with Gasteiger partial charge in [0.1, 0.15) is 0 Å². The standard InChI is InChI=1S/C21H30N2O3/c1-3-6-20(24)23-13-17-16(18(17)14-23)12-22-9-5-10-26-21-15(11-22)7-4-8-19(21)25-2/h4,7-8,16-18H,3,5-6,9-14H2,1-2H3/t16?,17-,18+. The van der Waals surface area contributed by atoms with Gasteiger partial charge in [0.2, 0.25) is 5.91 Å². The third-order valence-electron chi connectivity index (χ3n) is 6.20. The van der Waals surface area contributed by atoms with E-state index in [1.165, 1.54) is 5.56 Å². The fraction of sp³-hybridized carbons (Fsp3) is 0.667. The van der Waals surface area contributed by atoms with Crippen LogP contribution in [0.25, 0.3) is 0 Å². The number of carbonyl (C=O) groups is 1. The number of hydrogen-bond donors (Lipinski definition) is 0. The molecule has 4 rings (SSSR count). The fourth-order valence-electron chi connectivity index (χ4n) is 4.74. The highest BCUT2D eigenvalue weighted by Crippen LogP contribution is 2.52. The maximum Gasteiger partial charge on any atom is 0.222 e. The first-order valence-corrected chi connectivity index (χ1v) is 10.00. The summed E-state index contributed by atoms with van der Waals surface area (Å²) in [5, 5.41) is 0. The van der Waals surface area contributed by atoms with Crippen LogP contribution in [0.5, 0.6) is 11.5 Å². The normalized spacial score (nSPS) is 27.8. The van der Waals surface area contributed by atoms with Gasteiger partial charge in [0.15, 0.2) is 11.5 Å². The second-order valence-electron chi connectivity index (χ2n) is 7.93. The van der Waals surface area contributed by atoms with Crippen LogP contribution in [0.1, 0.15) is 31.7 Å². The van der Waals surface area contributed by atoms with E-state index in [0.717, 1.165) is 81.4 Å². The van der Waals surface area contributed by atoms with Gasteiger partial charge in [-0.3, -0.25) is 9.69 Å². The van der Waals surface area contributed by atoms with Crippen molar-refractivity contribution in [2.45, 2.75) is 32.7 Å². The van der Waals surface area contributed by atoms with Gasteiger partial charge in [0, 0.05) is 44.7 Å². The molecule has 2 aliphatic heterocycles. The van der Waals surface area contributed by atoms with Crippen molar-refractivity contribution in [3.05, 3.63) is 23.8 Å². The molecule has 3 aliphatic rings. The molecule has 0 spiro atoms. The third kappa shape index (κ3) is 3.41. The SMILES string of the molecule is CCCC(=O)N1C[C@@H]2C(CN3CCCOc4c(cccc4OC)C3)[C@@H]2C1. The molecular weight excluding hydrogens is 328 g/mol. The van der Waals surface area contributed by atoms with Crippen LogP contribution in [0.2, 0.25) is 0 Å². The minimum absolute atomic E-state index is 0.350. The highest BCUT2D eigenvalue weighted by Gasteiger charge is 2.56. The molecule has 26 heavy (non-hydrogen) atoms. The molecule has 1 unspecified atom stereocenters. The molecule has 5 heteroatoms. The van der Waals surface area contributed by atoms with Crippen LogP contribution in [-0.2, 0) is 11.3 Å². The quantitative estimate of drug-likeness (QED) is 0.812. The topological polar surface area (TPSA) is 42.0 Å². The Morgan fingerprint density at radius 3 is 2.85 bits per heavy atom. The van der Waals surface area contributed by atoms with E-state index in [1.807, 2.05) is 12.1 Å². The number of ether oxygens (including phenoxy) is 2. The third-order valence-corrected chi connectivity index (χ3v) is 6.20. The predicted molar refractivity (Wildman–Crippen MR) is 100 cm³/mol. The number of hydrogen-bond acceptors (Lipinski definition) is 4. The largest absolute Gasteiger partial charge is 0.493 e. The molecule has 2 heterocycles. The monoisotopic (exact) mass is 358 g/mol. The molecule has 0 N–H and O–H groups in total. The maximum atomic E-state index is 12.1. The van der Waals surface area contributed by atoms with Gasteiger partial charge in [0.05, 0.1) is 13.7 Å². The van der Waals surface area contributed by atoms with Gasteiger partial charge in [-0.15, -0.1) is 0 Å². The van der Waals surface area contributed by atoms with Crippen molar-refractivity contribution in [3.8, 4) is 11.5 Å². The number of fused-ring (bicyclic) bond motifs is 2. The Bertz CT molecular complexity index is 651. The first-order valence-electron chi connectivity index (χ1n) is 10.00. The Kier molecular flexibility index (Phi) is 5.07. The fourth-order valence-corrected chi connectivity index (χ4v) is 4.74. The molecule has 3 atom stereocenters. The van der Waals surface area contributed by atoms with Crippen molar-refractivity contribution in [2.24, 2.45) is 17.8 Å². The van der Waals surface area contributed by atoms with Crippen molar-refractivity contribution in [2.75, 3.05) is 39.9 Å². The van der Waals surface area contributed by atoms with Gasteiger partial charge in [-0.1, -0.05) is 19.1 Å². The second kappa shape index (κ2) is 7.47. The molecule has 0 bridgehead atoms. The number of likely N-dealkylation sites (tertiary alicyclic amines) is 1. The summed E-state index contributed by atoms with van der Waals surface area (Å²) < 4.78 is 11.4. The zero-order valence-electron chi connectivity index (χ0n) is 15.9. The van der Waals surface area contributed by atoms with Crippen LogP contribution in [-0.4, -0.2) is 55.6 Å². The van der Waals surface area contributed by atoms with Gasteiger partial charge in [-0.05, 0) is 36.7 Å². The van der Waals surface area contributed by atoms with E-state index in [-0.39, 0.29) is 0 Å². The second-order valence-corrected chi connectivity index (χ2v) is 7.93. The van der Waals surface area contributed by atoms with Gasteiger partial charge < -0.3 is 14.4 Å². The Morgan fingerprint density at radius 1 is 1.31 bits per heavy atom. The number of amides is 1. The molecule has 5 nitrogen and oxygen atoms in total. The molecule has 1 aromatic carbocycles. The van der Waals surface area contributed by atoms with Crippen molar-refractivity contribution in [1.29, 1.82) is 0 Å². The number of nitrogens with zero attached hydrogens (tertiary/aromatic N) is 2. The number of rotatable bonds is 5. The molecule has 142 valence electrons. The Morgan fingerprint density at radius 2 is 2.12 bits per heavy atom. The number of piperidine rings is 1. The predicted octanol–water partition coefficient (Wildman–Crippen LogP) is 2.78. The molecule has 1 aromatic rings. The molecule has 1 saturated heterocycles. The summed E-state index contributed by atoms with van der Waals surface area (Å²) in [5.74, 6) is 4.30. The summed E-state index contributed by atoms with van der Waals surface area (Å²) in [6.07, 6.45) is 2.70. The summed E-state index contributed by atoms with van der Waals surface area (Å²) >= 11 is 0. The van der Waals surface area contributed by atoms with Gasteiger partial charge in [-0.25, -0.2) is 0 Å². The van der Waals surface area contributed by atoms with Crippen LogP contribution in [0.15, 0.2) is 18.2 Å². The first-order chi connectivity index (χ1) is 12.7.